The van der Waals surface area contributed by atoms with Gasteiger partial charge in [0.2, 0.25) is 0 Å². The van der Waals surface area contributed by atoms with E-state index in [0.29, 0.717) is 17.1 Å². The maximum absolute atomic E-state index is 11.8. The number of halogens is 1. The van der Waals surface area contributed by atoms with Crippen molar-refractivity contribution in [1.29, 1.82) is 5.26 Å². The van der Waals surface area contributed by atoms with E-state index in [4.69, 9.17) is 26.3 Å². The molecule has 0 saturated carbocycles. The van der Waals surface area contributed by atoms with Gasteiger partial charge in [-0.1, -0.05) is 29.8 Å². The van der Waals surface area contributed by atoms with Crippen LogP contribution < -0.4 is 0 Å². The van der Waals surface area contributed by atoms with Gasteiger partial charge in [0.05, 0.1) is 19.3 Å². The van der Waals surface area contributed by atoms with E-state index in [1.54, 1.807) is 17.1 Å². The minimum absolute atomic E-state index is 0.0941. The summed E-state index contributed by atoms with van der Waals surface area (Å²) in [5, 5.41) is 14.0. The number of esters is 1. The van der Waals surface area contributed by atoms with Crippen molar-refractivity contribution < 1.29 is 14.3 Å². The van der Waals surface area contributed by atoms with E-state index < -0.39 is 5.97 Å². The summed E-state index contributed by atoms with van der Waals surface area (Å²) in [7, 11) is 1.50. The molecule has 1 aromatic carbocycles. The van der Waals surface area contributed by atoms with Gasteiger partial charge in [-0.2, -0.15) is 10.4 Å². The molecule has 0 aliphatic rings. The summed E-state index contributed by atoms with van der Waals surface area (Å²) in [5.74, 6) is -0.687. The monoisotopic (exact) mass is 345 g/mol. The molecular weight excluding hydrogens is 330 g/mol. The molecule has 0 aliphatic heterocycles. The van der Waals surface area contributed by atoms with E-state index in [-0.39, 0.29) is 18.8 Å². The van der Waals surface area contributed by atoms with Gasteiger partial charge in [-0.3, -0.25) is 4.68 Å². The number of benzene rings is 1. The highest BCUT2D eigenvalue weighted by molar-refractivity contribution is 6.31. The molecule has 0 saturated heterocycles. The quantitative estimate of drug-likeness (QED) is 0.334. The van der Waals surface area contributed by atoms with Gasteiger partial charge in [0.15, 0.2) is 0 Å². The molecule has 2 rings (SSSR count). The first-order chi connectivity index (χ1) is 11.6. The molecule has 7 heteroatoms. The van der Waals surface area contributed by atoms with Crippen LogP contribution >= 0.6 is 11.6 Å². The zero-order chi connectivity index (χ0) is 17.4. The Morgan fingerprint density at radius 3 is 2.92 bits per heavy atom. The van der Waals surface area contributed by atoms with Gasteiger partial charge in [0.1, 0.15) is 18.2 Å². The van der Waals surface area contributed by atoms with Crippen LogP contribution in [0.15, 0.2) is 42.2 Å². The molecule has 0 spiro atoms. The van der Waals surface area contributed by atoms with Crippen LogP contribution in [0.1, 0.15) is 11.1 Å². The Morgan fingerprint density at radius 1 is 1.42 bits per heavy atom. The van der Waals surface area contributed by atoms with E-state index in [0.717, 1.165) is 5.56 Å². The number of aromatic nitrogens is 2. The second-order valence-electron chi connectivity index (χ2n) is 4.86. The van der Waals surface area contributed by atoms with Crippen LogP contribution in [0.4, 0.5) is 0 Å². The molecule has 2 aromatic rings. The molecule has 0 amide bonds. The van der Waals surface area contributed by atoms with Crippen molar-refractivity contribution in [2.75, 3.05) is 20.3 Å². The van der Waals surface area contributed by atoms with Gasteiger partial charge in [0.25, 0.3) is 0 Å². The molecule has 0 unspecified atom stereocenters. The highest BCUT2D eigenvalue weighted by Crippen LogP contribution is 2.16. The third-order valence-corrected chi connectivity index (χ3v) is 3.48. The highest BCUT2D eigenvalue weighted by Gasteiger charge is 2.11. The van der Waals surface area contributed by atoms with Crippen molar-refractivity contribution >= 4 is 23.6 Å². The van der Waals surface area contributed by atoms with Crippen LogP contribution in [0.25, 0.3) is 6.08 Å². The number of carbonyl (C=O) groups excluding carboxylic acids is 1. The maximum atomic E-state index is 11.8. The van der Waals surface area contributed by atoms with E-state index in [1.165, 1.54) is 13.2 Å². The number of nitrogens with zero attached hydrogens (tertiary/aromatic N) is 3. The molecule has 0 N–H and O–H groups in total. The first-order valence-electron chi connectivity index (χ1n) is 7.17. The molecule has 0 radical (unpaired) electrons. The molecule has 0 bridgehead atoms. The number of ether oxygens (including phenoxy) is 2. The second kappa shape index (κ2) is 8.87. The fraction of sp³-hybridized carbons (Fsp3) is 0.235. The SMILES string of the molecule is COCCOC(=O)/C(C#N)=C/c1cnn(Cc2ccccc2Cl)c1. The topological polar surface area (TPSA) is 77.1 Å². The number of nitriles is 1. The second-order valence-corrected chi connectivity index (χ2v) is 5.27. The Bertz CT molecular complexity index is 777. The molecule has 24 heavy (non-hydrogen) atoms. The van der Waals surface area contributed by atoms with E-state index in [9.17, 15) is 4.79 Å². The average Bonchev–Trinajstić information content (AvgIpc) is 3.02. The summed E-state index contributed by atoms with van der Waals surface area (Å²) in [6.07, 6.45) is 4.73. The third kappa shape index (κ3) is 4.95. The van der Waals surface area contributed by atoms with E-state index in [1.807, 2.05) is 30.3 Å². The van der Waals surface area contributed by atoms with Gasteiger partial charge in [-0.05, 0) is 17.7 Å². The summed E-state index contributed by atoms with van der Waals surface area (Å²) in [4.78, 5) is 11.8. The first-order valence-corrected chi connectivity index (χ1v) is 7.55. The van der Waals surface area contributed by atoms with Gasteiger partial charge in [0, 0.05) is 23.9 Å². The van der Waals surface area contributed by atoms with Crippen LogP contribution in [0, 0.1) is 11.3 Å². The Labute approximate surface area is 144 Å². The number of hydrogen-bond donors (Lipinski definition) is 0. The number of methoxy groups -OCH3 is 1. The maximum Gasteiger partial charge on any atom is 0.348 e. The van der Waals surface area contributed by atoms with Crippen molar-refractivity contribution in [2.24, 2.45) is 0 Å². The predicted octanol–water partition coefficient (Wildman–Crippen LogP) is 2.68. The Balaban J connectivity index is 2.07. The molecule has 0 atom stereocenters. The molecule has 0 aliphatic carbocycles. The van der Waals surface area contributed by atoms with Crippen molar-refractivity contribution in [3.8, 4) is 6.07 Å². The average molecular weight is 346 g/mol. The summed E-state index contributed by atoms with van der Waals surface area (Å²) >= 11 is 6.12. The van der Waals surface area contributed by atoms with Crippen LogP contribution in [-0.4, -0.2) is 36.1 Å². The van der Waals surface area contributed by atoms with E-state index in [2.05, 4.69) is 5.10 Å². The summed E-state index contributed by atoms with van der Waals surface area (Å²) in [6, 6.07) is 9.31. The minimum Gasteiger partial charge on any atom is -0.459 e. The van der Waals surface area contributed by atoms with Gasteiger partial charge >= 0.3 is 5.97 Å². The third-order valence-electron chi connectivity index (χ3n) is 3.12. The fourth-order valence-electron chi connectivity index (χ4n) is 1.94. The lowest BCUT2D eigenvalue weighted by Gasteiger charge is -2.03. The van der Waals surface area contributed by atoms with Crippen molar-refractivity contribution in [1.82, 2.24) is 9.78 Å². The van der Waals surface area contributed by atoms with Crippen LogP contribution in [0.5, 0.6) is 0 Å². The largest absolute Gasteiger partial charge is 0.459 e. The lowest BCUT2D eigenvalue weighted by Crippen LogP contribution is -2.11. The fourth-order valence-corrected chi connectivity index (χ4v) is 2.14. The lowest BCUT2D eigenvalue weighted by atomic mass is 10.2. The molecule has 124 valence electrons. The van der Waals surface area contributed by atoms with Crippen molar-refractivity contribution in [2.45, 2.75) is 6.54 Å². The van der Waals surface area contributed by atoms with E-state index >= 15 is 0 Å². The van der Waals surface area contributed by atoms with Crippen molar-refractivity contribution in [3.63, 3.8) is 0 Å². The zero-order valence-corrected chi connectivity index (χ0v) is 13.9. The molecule has 1 aromatic heterocycles. The number of rotatable bonds is 7. The Hall–Kier alpha value is -2.62. The van der Waals surface area contributed by atoms with Crippen LogP contribution in [0.2, 0.25) is 5.02 Å². The van der Waals surface area contributed by atoms with Crippen molar-refractivity contribution in [3.05, 3.63) is 58.4 Å². The lowest BCUT2D eigenvalue weighted by molar-refractivity contribution is -0.139. The van der Waals surface area contributed by atoms with Gasteiger partial charge in [-0.25, -0.2) is 4.79 Å². The predicted molar refractivity (Wildman–Crippen MR) is 89.2 cm³/mol. The zero-order valence-electron chi connectivity index (χ0n) is 13.1. The summed E-state index contributed by atoms with van der Waals surface area (Å²) in [6.45, 7) is 0.869. The summed E-state index contributed by atoms with van der Waals surface area (Å²) in [5.41, 5.74) is 1.46. The smallest absolute Gasteiger partial charge is 0.348 e. The molecule has 6 nitrogen and oxygen atoms in total. The van der Waals surface area contributed by atoms with Crippen LogP contribution in [-0.2, 0) is 20.8 Å². The Kier molecular flexibility index (Phi) is 6.55. The number of hydrogen-bond acceptors (Lipinski definition) is 5. The normalized spacial score (nSPS) is 11.1. The van der Waals surface area contributed by atoms with Gasteiger partial charge in [-0.15, -0.1) is 0 Å². The van der Waals surface area contributed by atoms with Crippen LogP contribution in [0.3, 0.4) is 0 Å². The number of carbonyl (C=O) groups is 1. The van der Waals surface area contributed by atoms with Gasteiger partial charge < -0.3 is 9.47 Å². The summed E-state index contributed by atoms with van der Waals surface area (Å²) < 4.78 is 11.4. The molecule has 1 heterocycles. The highest BCUT2D eigenvalue weighted by atomic mass is 35.5. The molecule has 0 fully saturated rings. The molecular formula is C17H16ClN3O3. The minimum atomic E-state index is -0.687. The Morgan fingerprint density at radius 2 is 2.21 bits per heavy atom. The standard InChI is InChI=1S/C17H16ClN3O3/c1-23-6-7-24-17(22)15(9-19)8-13-10-20-21(11-13)12-14-4-2-3-5-16(14)18/h2-5,8,10-11H,6-7,12H2,1H3/b15-8+. The first kappa shape index (κ1) is 17.7.